The van der Waals surface area contributed by atoms with Crippen molar-refractivity contribution >= 4 is 10.8 Å². The van der Waals surface area contributed by atoms with Gasteiger partial charge in [0.1, 0.15) is 5.75 Å². The summed E-state index contributed by atoms with van der Waals surface area (Å²) in [4.78, 5) is 4.11. The molecule has 2 aromatic carbocycles. The highest BCUT2D eigenvalue weighted by Gasteiger charge is 2.13. The van der Waals surface area contributed by atoms with Gasteiger partial charge in [-0.2, -0.15) is 4.98 Å². The van der Waals surface area contributed by atoms with Crippen LogP contribution in [0, 0.1) is 6.92 Å². The highest BCUT2D eigenvalue weighted by atomic mass is 16.5. The molecule has 0 spiro atoms. The smallest absolute Gasteiger partial charge is 0.261 e. The molecule has 17 heavy (non-hydrogen) atoms. The Morgan fingerprint density at radius 3 is 2.71 bits per heavy atom. The average molecular weight is 226 g/mol. The molecule has 0 radical (unpaired) electrons. The Kier molecular flexibility index (Phi) is 2.08. The van der Waals surface area contributed by atoms with Gasteiger partial charge >= 0.3 is 0 Å². The summed E-state index contributed by atoms with van der Waals surface area (Å²) in [6, 6.07) is 11.3. The predicted octanol–water partition coefficient (Wildman–Crippen LogP) is 2.90. The molecule has 1 heterocycles. The standard InChI is InChI=1S/C13H10N2O2/c1-8-14-13(17-15-8)11-7-6-9-4-2-3-5-10(9)12(11)16/h2-7,16H,1H3. The molecule has 0 amide bonds. The van der Waals surface area contributed by atoms with Crippen molar-refractivity contribution in [3.63, 3.8) is 0 Å². The monoisotopic (exact) mass is 226 g/mol. The molecule has 4 nitrogen and oxygen atoms in total. The van der Waals surface area contributed by atoms with E-state index in [1.165, 1.54) is 0 Å². The van der Waals surface area contributed by atoms with Gasteiger partial charge in [0, 0.05) is 5.39 Å². The predicted molar refractivity (Wildman–Crippen MR) is 63.6 cm³/mol. The molecule has 3 rings (SSSR count). The summed E-state index contributed by atoms with van der Waals surface area (Å²) in [5.74, 6) is 1.06. The Balaban J connectivity index is 2.28. The largest absolute Gasteiger partial charge is 0.506 e. The molecule has 0 bridgehead atoms. The van der Waals surface area contributed by atoms with E-state index in [4.69, 9.17) is 4.52 Å². The van der Waals surface area contributed by atoms with Crippen LogP contribution in [0.3, 0.4) is 0 Å². The second-order valence-electron chi connectivity index (χ2n) is 3.83. The van der Waals surface area contributed by atoms with Crippen LogP contribution in [0.1, 0.15) is 5.82 Å². The van der Waals surface area contributed by atoms with Gasteiger partial charge in [-0.15, -0.1) is 0 Å². The molecule has 84 valence electrons. The third-order valence-electron chi connectivity index (χ3n) is 2.66. The zero-order valence-corrected chi connectivity index (χ0v) is 9.21. The lowest BCUT2D eigenvalue weighted by molar-refractivity contribution is 0.421. The van der Waals surface area contributed by atoms with Crippen LogP contribution in [0.25, 0.3) is 22.2 Å². The van der Waals surface area contributed by atoms with Crippen molar-refractivity contribution < 1.29 is 9.63 Å². The molecule has 1 aromatic heterocycles. The second-order valence-corrected chi connectivity index (χ2v) is 3.83. The maximum Gasteiger partial charge on any atom is 0.261 e. The summed E-state index contributed by atoms with van der Waals surface area (Å²) in [5.41, 5.74) is 0.560. The van der Waals surface area contributed by atoms with Crippen molar-refractivity contribution in [3.05, 3.63) is 42.2 Å². The maximum absolute atomic E-state index is 10.2. The van der Waals surface area contributed by atoms with Gasteiger partial charge in [0.15, 0.2) is 5.82 Å². The van der Waals surface area contributed by atoms with Crippen LogP contribution in [-0.2, 0) is 0 Å². The normalized spacial score (nSPS) is 10.9. The van der Waals surface area contributed by atoms with E-state index in [2.05, 4.69) is 10.1 Å². The van der Waals surface area contributed by atoms with E-state index in [1.807, 2.05) is 30.3 Å². The lowest BCUT2D eigenvalue weighted by atomic mass is 10.1. The zero-order valence-electron chi connectivity index (χ0n) is 9.21. The molecule has 0 aliphatic rings. The summed E-state index contributed by atoms with van der Waals surface area (Å²) in [6.45, 7) is 1.74. The summed E-state index contributed by atoms with van der Waals surface area (Å²) < 4.78 is 5.06. The molecule has 0 unspecified atom stereocenters. The quantitative estimate of drug-likeness (QED) is 0.693. The fourth-order valence-electron chi connectivity index (χ4n) is 1.83. The first kappa shape index (κ1) is 9.84. The van der Waals surface area contributed by atoms with E-state index in [9.17, 15) is 5.11 Å². The Morgan fingerprint density at radius 2 is 1.94 bits per heavy atom. The first-order valence-electron chi connectivity index (χ1n) is 5.27. The number of aryl methyl sites for hydroxylation is 1. The first-order chi connectivity index (χ1) is 8.25. The number of rotatable bonds is 1. The summed E-state index contributed by atoms with van der Waals surface area (Å²) in [7, 11) is 0. The number of phenols is 1. The number of hydrogen-bond acceptors (Lipinski definition) is 4. The zero-order chi connectivity index (χ0) is 11.8. The average Bonchev–Trinajstić information content (AvgIpc) is 2.77. The summed E-state index contributed by atoms with van der Waals surface area (Å²) in [5, 5.41) is 15.7. The van der Waals surface area contributed by atoms with Crippen LogP contribution in [0.5, 0.6) is 5.75 Å². The van der Waals surface area contributed by atoms with Gasteiger partial charge in [-0.3, -0.25) is 0 Å². The number of aromatic nitrogens is 2. The second kappa shape index (κ2) is 3.59. The first-order valence-corrected chi connectivity index (χ1v) is 5.27. The van der Waals surface area contributed by atoms with Crippen molar-refractivity contribution in [2.75, 3.05) is 0 Å². The van der Waals surface area contributed by atoms with Gasteiger partial charge in [0.25, 0.3) is 5.89 Å². The molecule has 3 aromatic rings. The van der Waals surface area contributed by atoms with Crippen LogP contribution < -0.4 is 0 Å². The minimum atomic E-state index is 0.173. The number of phenolic OH excluding ortho intramolecular Hbond substituents is 1. The minimum absolute atomic E-state index is 0.173. The third kappa shape index (κ3) is 1.54. The number of benzene rings is 2. The van der Waals surface area contributed by atoms with E-state index >= 15 is 0 Å². The van der Waals surface area contributed by atoms with Gasteiger partial charge in [0.05, 0.1) is 5.56 Å². The SMILES string of the molecule is Cc1noc(-c2ccc3ccccc3c2O)n1. The highest BCUT2D eigenvalue weighted by Crippen LogP contribution is 2.34. The van der Waals surface area contributed by atoms with Crippen molar-refractivity contribution in [3.8, 4) is 17.2 Å². The number of nitrogens with zero attached hydrogens (tertiary/aromatic N) is 2. The molecular weight excluding hydrogens is 216 g/mol. The van der Waals surface area contributed by atoms with E-state index in [-0.39, 0.29) is 5.75 Å². The van der Waals surface area contributed by atoms with Crippen molar-refractivity contribution in [1.82, 2.24) is 10.1 Å². The minimum Gasteiger partial charge on any atom is -0.506 e. The number of hydrogen-bond donors (Lipinski definition) is 1. The molecule has 0 saturated heterocycles. The fourth-order valence-corrected chi connectivity index (χ4v) is 1.83. The van der Waals surface area contributed by atoms with Crippen molar-refractivity contribution in [2.45, 2.75) is 6.92 Å². The van der Waals surface area contributed by atoms with Crippen LogP contribution in [0.2, 0.25) is 0 Å². The fraction of sp³-hybridized carbons (Fsp3) is 0.0769. The molecule has 0 aliphatic carbocycles. The Morgan fingerprint density at radius 1 is 1.12 bits per heavy atom. The van der Waals surface area contributed by atoms with Crippen LogP contribution in [-0.4, -0.2) is 15.2 Å². The Bertz CT molecular complexity index is 689. The third-order valence-corrected chi connectivity index (χ3v) is 2.66. The molecule has 0 saturated carbocycles. The maximum atomic E-state index is 10.2. The van der Waals surface area contributed by atoms with E-state index < -0.39 is 0 Å². The van der Waals surface area contributed by atoms with Crippen LogP contribution in [0.15, 0.2) is 40.9 Å². The number of fused-ring (bicyclic) bond motifs is 1. The number of aromatic hydroxyl groups is 1. The van der Waals surface area contributed by atoms with E-state index in [0.717, 1.165) is 10.8 Å². The molecule has 0 fully saturated rings. The molecule has 0 atom stereocenters. The summed E-state index contributed by atoms with van der Waals surface area (Å²) in [6.07, 6.45) is 0. The van der Waals surface area contributed by atoms with Crippen molar-refractivity contribution in [2.24, 2.45) is 0 Å². The topological polar surface area (TPSA) is 59.2 Å². The lowest BCUT2D eigenvalue weighted by Gasteiger charge is -2.03. The van der Waals surface area contributed by atoms with Crippen molar-refractivity contribution in [1.29, 1.82) is 0 Å². The highest BCUT2D eigenvalue weighted by molar-refractivity contribution is 5.93. The van der Waals surface area contributed by atoms with Crippen LogP contribution in [0.4, 0.5) is 0 Å². The van der Waals surface area contributed by atoms with Gasteiger partial charge in [-0.05, 0) is 18.4 Å². The van der Waals surface area contributed by atoms with Gasteiger partial charge in [-0.1, -0.05) is 35.5 Å². The Labute approximate surface area is 97.5 Å². The summed E-state index contributed by atoms with van der Waals surface area (Å²) >= 11 is 0. The molecular formula is C13H10N2O2. The van der Waals surface area contributed by atoms with Gasteiger partial charge in [-0.25, -0.2) is 0 Å². The van der Waals surface area contributed by atoms with E-state index in [0.29, 0.717) is 17.3 Å². The van der Waals surface area contributed by atoms with Gasteiger partial charge in [0.2, 0.25) is 0 Å². The lowest BCUT2D eigenvalue weighted by Crippen LogP contribution is -1.82. The molecule has 1 N–H and O–H groups in total. The van der Waals surface area contributed by atoms with Crippen LogP contribution >= 0.6 is 0 Å². The van der Waals surface area contributed by atoms with E-state index in [1.54, 1.807) is 13.0 Å². The van der Waals surface area contributed by atoms with Gasteiger partial charge < -0.3 is 9.63 Å². The molecule has 4 heteroatoms. The Hall–Kier alpha value is -2.36. The molecule has 0 aliphatic heterocycles.